The quantitative estimate of drug-likeness (QED) is 0.591. The summed E-state index contributed by atoms with van der Waals surface area (Å²) in [6, 6.07) is 5.06. The summed E-state index contributed by atoms with van der Waals surface area (Å²) in [5.74, 6) is -0.126. The van der Waals surface area contributed by atoms with E-state index in [1.54, 1.807) is 21.6 Å². The topological polar surface area (TPSA) is 150 Å². The summed E-state index contributed by atoms with van der Waals surface area (Å²) in [5, 5.41) is 19.8. The van der Waals surface area contributed by atoms with Crippen LogP contribution in [-0.4, -0.2) is 67.9 Å². The molecule has 2 aliphatic heterocycles. The molecule has 0 spiro atoms. The average Bonchev–Trinajstić information content (AvgIpc) is 3.23. The molecule has 2 aliphatic rings. The smallest absolute Gasteiger partial charge is 0.290 e. The Bertz CT molecular complexity index is 940. The fourth-order valence-corrected chi connectivity index (χ4v) is 4.19. The van der Waals surface area contributed by atoms with E-state index in [1.807, 2.05) is 6.07 Å². The number of carboxylic acid groups (broad SMARTS) is 1. The lowest BCUT2D eigenvalue weighted by molar-refractivity contribution is -0.123. The number of likely N-dealkylation sites (tertiary alicyclic amines) is 1. The van der Waals surface area contributed by atoms with E-state index in [0.717, 1.165) is 12.1 Å². The number of rotatable bonds is 3. The molecule has 154 valence electrons. The lowest BCUT2D eigenvalue weighted by atomic mass is 9.78. The van der Waals surface area contributed by atoms with E-state index in [-0.39, 0.29) is 47.4 Å². The van der Waals surface area contributed by atoms with E-state index in [9.17, 15) is 14.4 Å². The standard InChI is InChI=1S/C17H20N6O3.CH2O2/c1-10(24)18-7-15-12-5-11(14-3-2-4-16(25)23(14)15)8-22(9-12)17(26)13-6-19-21-20-13;2-1-3/h2-4,6,11-12,15H,5,7-9H2,1H3,(H,18,24)(H,19,20,21);1H,(H,2,3)/t11-,12+,15+;/m1./s1. The van der Waals surface area contributed by atoms with Crippen LogP contribution in [0.1, 0.15) is 41.5 Å². The van der Waals surface area contributed by atoms with E-state index >= 15 is 0 Å². The van der Waals surface area contributed by atoms with Crippen molar-refractivity contribution in [2.75, 3.05) is 19.6 Å². The molecular weight excluding hydrogens is 380 g/mol. The van der Waals surface area contributed by atoms with Crippen LogP contribution in [0, 0.1) is 5.92 Å². The van der Waals surface area contributed by atoms with Gasteiger partial charge >= 0.3 is 0 Å². The molecule has 0 radical (unpaired) electrons. The van der Waals surface area contributed by atoms with Crippen LogP contribution in [0.3, 0.4) is 0 Å². The van der Waals surface area contributed by atoms with E-state index in [2.05, 4.69) is 20.7 Å². The normalized spacial score (nSPS) is 22.0. The SMILES string of the molecule is CC(=O)NC[C@H]1[C@H]2C[C@H](CN(C(=O)c3cn[nH]n3)C2)c2cccc(=O)n21.O=CO. The highest BCUT2D eigenvalue weighted by molar-refractivity contribution is 5.92. The maximum atomic E-state index is 12.7. The maximum Gasteiger partial charge on any atom is 0.290 e. The minimum absolute atomic E-state index is 0.0659. The number of carbonyl (C=O) groups excluding carboxylic acids is 2. The first kappa shape index (κ1) is 20.2. The maximum absolute atomic E-state index is 12.7. The second-order valence-electron chi connectivity index (χ2n) is 7.03. The Balaban J connectivity index is 0.000000755. The van der Waals surface area contributed by atoms with Crippen molar-refractivity contribution in [3.63, 3.8) is 0 Å². The first-order valence-corrected chi connectivity index (χ1v) is 9.15. The molecule has 0 aliphatic carbocycles. The van der Waals surface area contributed by atoms with Crippen LogP contribution >= 0.6 is 0 Å². The molecule has 1 saturated heterocycles. The Hall–Kier alpha value is -3.50. The highest BCUT2D eigenvalue weighted by atomic mass is 16.3. The van der Waals surface area contributed by atoms with Gasteiger partial charge in [0.1, 0.15) is 0 Å². The van der Waals surface area contributed by atoms with Crippen molar-refractivity contribution in [1.29, 1.82) is 0 Å². The van der Waals surface area contributed by atoms with Crippen molar-refractivity contribution in [3.8, 4) is 0 Å². The minimum atomic E-state index is -0.250. The van der Waals surface area contributed by atoms with Crippen molar-refractivity contribution in [2.45, 2.75) is 25.3 Å². The summed E-state index contributed by atoms with van der Waals surface area (Å²) in [6.07, 6.45) is 2.30. The van der Waals surface area contributed by atoms with Crippen molar-refractivity contribution in [3.05, 3.63) is 46.1 Å². The average molecular weight is 402 g/mol. The van der Waals surface area contributed by atoms with Crippen molar-refractivity contribution >= 4 is 18.3 Å². The first-order valence-electron chi connectivity index (χ1n) is 9.15. The zero-order chi connectivity index (χ0) is 21.0. The van der Waals surface area contributed by atoms with Gasteiger partial charge in [-0.15, -0.1) is 0 Å². The van der Waals surface area contributed by atoms with Gasteiger partial charge in [-0.1, -0.05) is 6.07 Å². The number of carbonyl (C=O) groups is 3. The van der Waals surface area contributed by atoms with Gasteiger partial charge in [0, 0.05) is 44.2 Å². The number of nitrogens with one attached hydrogen (secondary N) is 2. The lowest BCUT2D eigenvalue weighted by Crippen LogP contribution is -2.53. The molecule has 11 heteroatoms. The van der Waals surface area contributed by atoms with Gasteiger partial charge in [0.25, 0.3) is 17.9 Å². The van der Waals surface area contributed by atoms with Gasteiger partial charge in [-0.05, 0) is 18.4 Å². The molecule has 11 nitrogen and oxygen atoms in total. The highest BCUT2D eigenvalue weighted by Crippen LogP contribution is 2.41. The van der Waals surface area contributed by atoms with Crippen molar-refractivity contribution in [2.24, 2.45) is 5.92 Å². The minimum Gasteiger partial charge on any atom is -0.483 e. The molecule has 3 atom stereocenters. The molecule has 1 fully saturated rings. The molecule has 4 rings (SSSR count). The van der Waals surface area contributed by atoms with Crippen molar-refractivity contribution in [1.82, 2.24) is 30.2 Å². The molecule has 2 bridgehead atoms. The summed E-state index contributed by atoms with van der Waals surface area (Å²) >= 11 is 0. The summed E-state index contributed by atoms with van der Waals surface area (Å²) in [4.78, 5) is 46.7. The number of fused-ring (bicyclic) bond motifs is 4. The van der Waals surface area contributed by atoms with E-state index < -0.39 is 0 Å². The third-order valence-corrected chi connectivity index (χ3v) is 5.28. The summed E-state index contributed by atoms with van der Waals surface area (Å²) in [6.45, 7) is 2.64. The van der Waals surface area contributed by atoms with Gasteiger partial charge < -0.3 is 19.9 Å². The molecule has 29 heavy (non-hydrogen) atoms. The predicted molar refractivity (Wildman–Crippen MR) is 100 cm³/mol. The fourth-order valence-electron chi connectivity index (χ4n) is 4.19. The van der Waals surface area contributed by atoms with Gasteiger partial charge in [-0.25, -0.2) is 0 Å². The van der Waals surface area contributed by atoms with Crippen LogP contribution in [-0.2, 0) is 9.59 Å². The van der Waals surface area contributed by atoms with Crippen LogP contribution in [0.25, 0.3) is 0 Å². The zero-order valence-corrected chi connectivity index (χ0v) is 15.8. The van der Waals surface area contributed by atoms with Crippen LogP contribution in [0.15, 0.2) is 29.2 Å². The van der Waals surface area contributed by atoms with Crippen LogP contribution in [0.5, 0.6) is 0 Å². The van der Waals surface area contributed by atoms with E-state index in [0.29, 0.717) is 19.6 Å². The second kappa shape index (κ2) is 8.67. The number of hydrogen-bond acceptors (Lipinski definition) is 6. The van der Waals surface area contributed by atoms with Gasteiger partial charge in [0.2, 0.25) is 5.91 Å². The van der Waals surface area contributed by atoms with E-state index in [4.69, 9.17) is 9.90 Å². The number of H-pyrrole nitrogens is 1. The number of amides is 2. The molecule has 2 aromatic heterocycles. The van der Waals surface area contributed by atoms with E-state index in [1.165, 1.54) is 13.1 Å². The number of piperidine rings is 1. The summed E-state index contributed by atoms with van der Waals surface area (Å²) < 4.78 is 1.80. The van der Waals surface area contributed by atoms with Crippen LogP contribution in [0.4, 0.5) is 0 Å². The molecule has 0 saturated carbocycles. The number of pyridine rings is 1. The van der Waals surface area contributed by atoms with Crippen molar-refractivity contribution < 1.29 is 19.5 Å². The fraction of sp³-hybridized carbons (Fsp3) is 0.444. The number of hydrogen-bond donors (Lipinski definition) is 3. The summed E-state index contributed by atoms with van der Waals surface area (Å²) in [7, 11) is 0. The predicted octanol–water partition coefficient (Wildman–Crippen LogP) is -0.396. The lowest BCUT2D eigenvalue weighted by Gasteiger charge is -2.46. The third kappa shape index (κ3) is 4.18. The Labute approximate surface area is 165 Å². The van der Waals surface area contributed by atoms with Crippen LogP contribution in [0.2, 0.25) is 0 Å². The Kier molecular flexibility index (Phi) is 6.05. The zero-order valence-electron chi connectivity index (χ0n) is 15.8. The molecule has 0 unspecified atom stereocenters. The molecule has 3 N–H and O–H groups in total. The monoisotopic (exact) mass is 402 g/mol. The van der Waals surface area contributed by atoms with Gasteiger partial charge in [0.15, 0.2) is 5.69 Å². The van der Waals surface area contributed by atoms with Gasteiger partial charge in [0.05, 0.1) is 12.2 Å². The molecule has 2 amide bonds. The number of aromatic nitrogens is 4. The molecule has 2 aromatic rings. The Morgan fingerprint density at radius 2 is 2.14 bits per heavy atom. The molecular formula is C18H22N6O5. The number of nitrogens with zero attached hydrogens (tertiary/aromatic N) is 4. The second-order valence-corrected chi connectivity index (χ2v) is 7.03. The Morgan fingerprint density at radius 3 is 2.79 bits per heavy atom. The Morgan fingerprint density at radius 1 is 1.38 bits per heavy atom. The number of aromatic amines is 1. The summed E-state index contributed by atoms with van der Waals surface area (Å²) in [5.41, 5.74) is 1.14. The van der Waals surface area contributed by atoms with Gasteiger partial charge in [-0.3, -0.25) is 19.2 Å². The third-order valence-electron chi connectivity index (χ3n) is 5.28. The highest BCUT2D eigenvalue weighted by Gasteiger charge is 2.42. The van der Waals surface area contributed by atoms with Gasteiger partial charge in [-0.2, -0.15) is 15.4 Å². The largest absolute Gasteiger partial charge is 0.483 e. The molecule has 0 aromatic carbocycles. The molecule has 4 heterocycles. The first-order chi connectivity index (χ1) is 14.0. The van der Waals surface area contributed by atoms with Crippen LogP contribution < -0.4 is 10.9 Å².